The molecule has 1 amide bonds. The highest BCUT2D eigenvalue weighted by Gasteiger charge is 2.21. The molecule has 1 N–H and O–H groups in total. The van der Waals surface area contributed by atoms with Gasteiger partial charge < -0.3 is 10.2 Å². The molecule has 164 valence electrons. The third-order valence-corrected chi connectivity index (χ3v) is 6.06. The predicted octanol–water partition coefficient (Wildman–Crippen LogP) is 3.14. The van der Waals surface area contributed by atoms with E-state index in [2.05, 4.69) is 32.3 Å². The van der Waals surface area contributed by atoms with Crippen molar-refractivity contribution in [3.63, 3.8) is 0 Å². The summed E-state index contributed by atoms with van der Waals surface area (Å²) in [6, 6.07) is 6.04. The maximum atomic E-state index is 12.8. The molecule has 9 nitrogen and oxygen atoms in total. The number of nitrogens with one attached hydrogen (secondary N) is 1. The number of piperidine rings is 1. The smallest absolute Gasteiger partial charge is 0.260 e. The van der Waals surface area contributed by atoms with E-state index in [1.54, 1.807) is 29.3 Å². The van der Waals surface area contributed by atoms with Crippen molar-refractivity contribution in [1.29, 1.82) is 0 Å². The number of aryl methyl sites for hydroxylation is 1. The molecular formula is C23H26N8O. The van der Waals surface area contributed by atoms with E-state index in [-0.39, 0.29) is 5.91 Å². The van der Waals surface area contributed by atoms with E-state index in [0.717, 1.165) is 54.6 Å². The summed E-state index contributed by atoms with van der Waals surface area (Å²) in [5.74, 6) is 0.236. The summed E-state index contributed by atoms with van der Waals surface area (Å²) in [7, 11) is 1.87. The van der Waals surface area contributed by atoms with Gasteiger partial charge >= 0.3 is 0 Å². The van der Waals surface area contributed by atoms with Crippen LogP contribution >= 0.6 is 0 Å². The summed E-state index contributed by atoms with van der Waals surface area (Å²) in [6.45, 7) is 5.40. The molecule has 1 aliphatic rings. The number of hydrogen-bond acceptors (Lipinski definition) is 6. The highest BCUT2D eigenvalue weighted by atomic mass is 16.1. The van der Waals surface area contributed by atoms with E-state index in [0.29, 0.717) is 17.4 Å². The van der Waals surface area contributed by atoms with Crippen LogP contribution < -0.4 is 5.32 Å². The van der Waals surface area contributed by atoms with Gasteiger partial charge in [0.25, 0.3) is 5.91 Å². The first-order valence-corrected chi connectivity index (χ1v) is 10.9. The maximum absolute atomic E-state index is 12.8. The van der Waals surface area contributed by atoms with Gasteiger partial charge in [0.05, 0.1) is 35.2 Å². The second kappa shape index (κ2) is 8.51. The molecule has 4 aromatic rings. The number of pyridine rings is 2. The molecule has 1 fully saturated rings. The Morgan fingerprint density at radius 2 is 1.97 bits per heavy atom. The standard InChI is InChI=1S/C23H26N8O/c1-3-30-8-6-19(7-9-30)31-15-18(13-26-31)23(32)28-22-10-21-16(11-24-22)4-5-20(27-21)17-12-25-29(2)14-17/h4-5,10-15,19H,3,6-9H2,1-2H3,(H,24,28,32). The minimum Gasteiger partial charge on any atom is -0.306 e. The molecule has 0 spiro atoms. The van der Waals surface area contributed by atoms with E-state index in [1.807, 2.05) is 36.3 Å². The van der Waals surface area contributed by atoms with Gasteiger partial charge in [-0.25, -0.2) is 9.97 Å². The van der Waals surface area contributed by atoms with Crippen LogP contribution in [0.15, 0.2) is 49.2 Å². The maximum Gasteiger partial charge on any atom is 0.260 e. The Balaban J connectivity index is 1.31. The number of rotatable bonds is 5. The molecular weight excluding hydrogens is 404 g/mol. The molecule has 1 saturated heterocycles. The zero-order valence-electron chi connectivity index (χ0n) is 18.3. The normalized spacial score (nSPS) is 15.3. The fourth-order valence-electron chi connectivity index (χ4n) is 4.14. The molecule has 0 aromatic carbocycles. The van der Waals surface area contributed by atoms with Crippen LogP contribution in [0.4, 0.5) is 5.82 Å². The minimum atomic E-state index is -0.225. The molecule has 0 radical (unpaired) electrons. The van der Waals surface area contributed by atoms with Crippen LogP contribution in [0, 0.1) is 0 Å². The Morgan fingerprint density at radius 3 is 2.72 bits per heavy atom. The lowest BCUT2D eigenvalue weighted by Gasteiger charge is -2.31. The molecule has 4 aromatic heterocycles. The highest BCUT2D eigenvalue weighted by molar-refractivity contribution is 6.04. The van der Waals surface area contributed by atoms with Gasteiger partial charge in [0.2, 0.25) is 0 Å². The van der Waals surface area contributed by atoms with Crippen molar-refractivity contribution < 1.29 is 4.79 Å². The molecule has 1 aliphatic heterocycles. The van der Waals surface area contributed by atoms with Crippen LogP contribution in [0.5, 0.6) is 0 Å². The van der Waals surface area contributed by atoms with E-state index >= 15 is 0 Å². The molecule has 0 aliphatic carbocycles. The largest absolute Gasteiger partial charge is 0.306 e. The monoisotopic (exact) mass is 430 g/mol. The van der Waals surface area contributed by atoms with Crippen molar-refractivity contribution in [2.45, 2.75) is 25.8 Å². The third kappa shape index (κ3) is 4.11. The number of likely N-dealkylation sites (tertiary alicyclic amines) is 1. The molecule has 0 atom stereocenters. The number of amides is 1. The average Bonchev–Trinajstić information content (AvgIpc) is 3.48. The summed E-state index contributed by atoms with van der Waals surface area (Å²) in [4.78, 5) is 24.3. The fraction of sp³-hybridized carbons (Fsp3) is 0.348. The first-order chi connectivity index (χ1) is 15.6. The van der Waals surface area contributed by atoms with Crippen LogP contribution in [0.1, 0.15) is 36.2 Å². The summed E-state index contributed by atoms with van der Waals surface area (Å²) in [5.41, 5.74) is 3.05. The van der Waals surface area contributed by atoms with E-state index in [1.165, 1.54) is 0 Å². The minimum absolute atomic E-state index is 0.225. The topological polar surface area (TPSA) is 93.8 Å². The summed E-state index contributed by atoms with van der Waals surface area (Å²) < 4.78 is 3.67. The number of hydrogen-bond donors (Lipinski definition) is 1. The first kappa shape index (κ1) is 20.3. The number of fused-ring (bicyclic) bond motifs is 1. The lowest BCUT2D eigenvalue weighted by molar-refractivity contribution is 0.102. The van der Waals surface area contributed by atoms with E-state index in [4.69, 9.17) is 4.98 Å². The number of nitrogens with zero attached hydrogens (tertiary/aromatic N) is 7. The molecule has 9 heteroatoms. The highest BCUT2D eigenvalue weighted by Crippen LogP contribution is 2.23. The summed E-state index contributed by atoms with van der Waals surface area (Å²) in [6.07, 6.45) is 11.0. The van der Waals surface area contributed by atoms with E-state index in [9.17, 15) is 4.79 Å². The Labute approximate surface area is 186 Å². The Morgan fingerprint density at radius 1 is 1.12 bits per heavy atom. The van der Waals surface area contributed by atoms with Gasteiger partial charge in [-0.1, -0.05) is 6.92 Å². The first-order valence-electron chi connectivity index (χ1n) is 10.9. The van der Waals surface area contributed by atoms with Gasteiger partial charge in [-0.05, 0) is 31.5 Å². The number of aromatic nitrogens is 6. The van der Waals surface area contributed by atoms with Crippen molar-refractivity contribution in [3.05, 3.63) is 54.7 Å². The van der Waals surface area contributed by atoms with Gasteiger partial charge in [-0.2, -0.15) is 10.2 Å². The quantitative estimate of drug-likeness (QED) is 0.523. The van der Waals surface area contributed by atoms with Gasteiger partial charge in [-0.15, -0.1) is 0 Å². The van der Waals surface area contributed by atoms with Crippen LogP contribution in [0.25, 0.3) is 22.2 Å². The van der Waals surface area contributed by atoms with Crippen molar-refractivity contribution in [2.24, 2.45) is 7.05 Å². The summed E-state index contributed by atoms with van der Waals surface area (Å²) >= 11 is 0. The van der Waals surface area contributed by atoms with E-state index < -0.39 is 0 Å². The van der Waals surface area contributed by atoms with Crippen LogP contribution in [0.2, 0.25) is 0 Å². The second-order valence-electron chi connectivity index (χ2n) is 8.19. The number of carbonyl (C=O) groups excluding carboxylic acids is 1. The molecule has 0 bridgehead atoms. The van der Waals surface area contributed by atoms with Gasteiger partial charge in [0.15, 0.2) is 0 Å². The molecule has 5 rings (SSSR count). The van der Waals surface area contributed by atoms with Crippen molar-refractivity contribution in [3.8, 4) is 11.3 Å². The van der Waals surface area contributed by atoms with Gasteiger partial charge in [-0.3, -0.25) is 14.2 Å². The van der Waals surface area contributed by atoms with Crippen LogP contribution in [0.3, 0.4) is 0 Å². The lowest BCUT2D eigenvalue weighted by Crippen LogP contribution is -2.34. The number of carbonyl (C=O) groups is 1. The Kier molecular flexibility index (Phi) is 5.40. The molecule has 0 saturated carbocycles. The molecule has 32 heavy (non-hydrogen) atoms. The van der Waals surface area contributed by atoms with Crippen molar-refractivity contribution in [2.75, 3.05) is 25.0 Å². The fourth-order valence-corrected chi connectivity index (χ4v) is 4.14. The SMILES string of the molecule is CCN1CCC(n2cc(C(=O)Nc3cc4nc(-c5cnn(C)c5)ccc4cn3)cn2)CC1. The zero-order chi connectivity index (χ0) is 22.1. The lowest BCUT2D eigenvalue weighted by atomic mass is 10.1. The average molecular weight is 431 g/mol. The Bertz CT molecular complexity index is 1250. The van der Waals surface area contributed by atoms with Crippen LogP contribution in [-0.2, 0) is 7.05 Å². The van der Waals surface area contributed by atoms with Gasteiger partial charge in [0.1, 0.15) is 5.82 Å². The number of anilines is 1. The van der Waals surface area contributed by atoms with Crippen LogP contribution in [-0.4, -0.2) is 60.0 Å². The van der Waals surface area contributed by atoms with Crippen molar-refractivity contribution in [1.82, 2.24) is 34.4 Å². The molecule has 0 unspecified atom stereocenters. The third-order valence-electron chi connectivity index (χ3n) is 6.06. The summed E-state index contributed by atoms with van der Waals surface area (Å²) in [5, 5.41) is 12.4. The Hall–Kier alpha value is -3.59. The van der Waals surface area contributed by atoms with Crippen molar-refractivity contribution >= 4 is 22.6 Å². The van der Waals surface area contributed by atoms with Gasteiger partial charge in [0, 0.05) is 55.7 Å². The molecule has 5 heterocycles. The second-order valence-corrected chi connectivity index (χ2v) is 8.19. The zero-order valence-corrected chi connectivity index (χ0v) is 18.3. The predicted molar refractivity (Wildman–Crippen MR) is 122 cm³/mol.